The molecule has 3 aromatic rings. The van der Waals surface area contributed by atoms with Crippen LogP contribution in [0.25, 0.3) is 21.9 Å². The molecule has 1 aliphatic heterocycles. The number of carboxylic acid groups (broad SMARTS) is 1. The average molecular weight is 441 g/mol. The minimum absolute atomic E-state index is 0.0905. The second kappa shape index (κ2) is 7.47. The van der Waals surface area contributed by atoms with Crippen molar-refractivity contribution in [2.45, 2.75) is 32.0 Å². The van der Waals surface area contributed by atoms with Crippen molar-refractivity contribution < 1.29 is 23.4 Å². The first kappa shape index (κ1) is 20.2. The van der Waals surface area contributed by atoms with E-state index in [0.29, 0.717) is 41.1 Å². The van der Waals surface area contributed by atoms with Crippen LogP contribution >= 0.6 is 0 Å². The molecule has 0 atom stereocenters. The number of nitrogen functional groups attached to an aromatic ring is 1. The van der Waals surface area contributed by atoms with E-state index in [4.69, 9.17) is 10.5 Å². The van der Waals surface area contributed by atoms with Gasteiger partial charge >= 0.3 is 6.09 Å². The van der Waals surface area contributed by atoms with Gasteiger partial charge < -0.3 is 20.9 Å². The van der Waals surface area contributed by atoms with E-state index >= 15 is 4.39 Å². The number of hydrogen-bond donors (Lipinski definition) is 3. The Hall–Kier alpha value is -3.69. The molecule has 2 aliphatic rings. The number of pyridine rings is 2. The number of fused-ring (bicyclic) bond motifs is 2. The van der Waals surface area contributed by atoms with Gasteiger partial charge in [-0.2, -0.15) is 0 Å². The Balaban J connectivity index is 1.64. The van der Waals surface area contributed by atoms with Gasteiger partial charge in [0.1, 0.15) is 24.3 Å². The molecule has 0 spiro atoms. The monoisotopic (exact) mass is 441 g/mol. The first-order valence-corrected chi connectivity index (χ1v) is 10.3. The molecule has 4 N–H and O–H groups in total. The number of amides is 1. The number of hydrogen-bond acceptors (Lipinski definition) is 6. The van der Waals surface area contributed by atoms with Crippen LogP contribution in [0.15, 0.2) is 24.5 Å². The van der Waals surface area contributed by atoms with Gasteiger partial charge in [-0.05, 0) is 42.8 Å². The van der Waals surface area contributed by atoms with Crippen molar-refractivity contribution in [1.82, 2.24) is 9.97 Å². The largest absolute Gasteiger partial charge is 0.474 e. The molecule has 0 radical (unpaired) electrons. The maximum absolute atomic E-state index is 15.3. The van der Waals surface area contributed by atoms with Crippen LogP contribution in [0.5, 0.6) is 5.88 Å². The zero-order valence-electron chi connectivity index (χ0n) is 17.2. The van der Waals surface area contributed by atoms with E-state index in [1.165, 1.54) is 18.5 Å². The van der Waals surface area contributed by atoms with Crippen LogP contribution in [0.4, 0.5) is 30.8 Å². The molecule has 166 valence electrons. The highest BCUT2D eigenvalue weighted by Crippen LogP contribution is 2.40. The third-order valence-corrected chi connectivity index (χ3v) is 6.09. The van der Waals surface area contributed by atoms with E-state index in [2.05, 4.69) is 15.3 Å². The number of carbonyl (C=O) groups is 1. The van der Waals surface area contributed by atoms with E-state index in [1.807, 2.05) is 6.92 Å². The van der Waals surface area contributed by atoms with Gasteiger partial charge in [0.25, 0.3) is 0 Å². The minimum atomic E-state index is -1.22. The van der Waals surface area contributed by atoms with E-state index in [-0.39, 0.29) is 29.9 Å². The molecular weight excluding hydrogens is 420 g/mol. The van der Waals surface area contributed by atoms with Crippen LogP contribution in [0.3, 0.4) is 0 Å². The molecule has 8 nitrogen and oxygen atoms in total. The van der Waals surface area contributed by atoms with Gasteiger partial charge in [-0.15, -0.1) is 0 Å². The number of ether oxygens (including phenoxy) is 1. The molecule has 32 heavy (non-hydrogen) atoms. The Kier molecular flexibility index (Phi) is 4.72. The summed E-state index contributed by atoms with van der Waals surface area (Å²) in [6.07, 6.45) is 0.893. The number of benzene rings is 1. The molecule has 0 unspecified atom stereocenters. The maximum Gasteiger partial charge on any atom is 0.413 e. The van der Waals surface area contributed by atoms with E-state index in [9.17, 15) is 14.3 Å². The number of nitrogens with one attached hydrogen (secondary N) is 1. The van der Waals surface area contributed by atoms with Crippen LogP contribution in [-0.2, 0) is 0 Å². The summed E-state index contributed by atoms with van der Waals surface area (Å²) >= 11 is 0. The Labute approximate surface area is 182 Å². The molecule has 1 fully saturated rings. The van der Waals surface area contributed by atoms with Gasteiger partial charge in [0.15, 0.2) is 5.82 Å². The number of nitrogens with zero attached hydrogens (tertiary/aromatic N) is 3. The third-order valence-electron chi connectivity index (χ3n) is 6.09. The summed E-state index contributed by atoms with van der Waals surface area (Å²) in [7, 11) is 0. The van der Waals surface area contributed by atoms with E-state index in [1.54, 1.807) is 6.07 Å². The van der Waals surface area contributed by atoms with Crippen molar-refractivity contribution in [3.05, 3.63) is 35.9 Å². The summed E-state index contributed by atoms with van der Waals surface area (Å²) in [5.41, 5.74) is 8.24. The Morgan fingerprint density at radius 1 is 1.28 bits per heavy atom. The summed E-state index contributed by atoms with van der Waals surface area (Å²) in [5, 5.41) is 13.8. The highest BCUT2D eigenvalue weighted by Gasteiger charge is 2.38. The number of aromatic nitrogens is 2. The van der Waals surface area contributed by atoms with Crippen molar-refractivity contribution in [2.24, 2.45) is 0 Å². The lowest BCUT2D eigenvalue weighted by Crippen LogP contribution is -2.48. The van der Waals surface area contributed by atoms with E-state index < -0.39 is 24.1 Å². The topological polar surface area (TPSA) is 114 Å². The Morgan fingerprint density at radius 2 is 2.06 bits per heavy atom. The molecular formula is C22H21F2N5O3. The SMILES string of the molecule is Cc1c(-c2cc3cc(N(C(=O)O)[C@H]4C[C@@H](F)C4)ncc3c(N)c2F)cnc2c1NCCO2. The summed E-state index contributed by atoms with van der Waals surface area (Å²) in [4.78, 5) is 21.3. The van der Waals surface area contributed by atoms with Crippen molar-refractivity contribution >= 4 is 34.1 Å². The van der Waals surface area contributed by atoms with Gasteiger partial charge in [0, 0.05) is 41.5 Å². The summed E-state index contributed by atoms with van der Waals surface area (Å²) in [6, 6.07) is 2.66. The maximum atomic E-state index is 15.3. The van der Waals surface area contributed by atoms with Gasteiger partial charge in [-0.1, -0.05) is 0 Å². The predicted molar refractivity (Wildman–Crippen MR) is 116 cm³/mol. The summed E-state index contributed by atoms with van der Waals surface area (Å²) in [6.45, 7) is 2.95. The second-order valence-corrected chi connectivity index (χ2v) is 8.04. The smallest absolute Gasteiger partial charge is 0.413 e. The fourth-order valence-electron chi connectivity index (χ4n) is 4.28. The number of halogens is 2. The molecule has 3 heterocycles. The van der Waals surface area contributed by atoms with Crippen molar-refractivity contribution in [1.29, 1.82) is 0 Å². The molecule has 1 amide bonds. The minimum Gasteiger partial charge on any atom is -0.474 e. The molecule has 1 saturated carbocycles. The number of rotatable bonds is 3. The van der Waals surface area contributed by atoms with Gasteiger partial charge in [-0.25, -0.2) is 23.5 Å². The molecule has 5 rings (SSSR count). The van der Waals surface area contributed by atoms with Gasteiger partial charge in [-0.3, -0.25) is 4.90 Å². The molecule has 0 saturated heterocycles. The van der Waals surface area contributed by atoms with Crippen molar-refractivity contribution in [2.75, 3.05) is 29.1 Å². The highest BCUT2D eigenvalue weighted by atomic mass is 19.1. The standard InChI is InChI=1S/C22H21F2N5O3/c1-10-15(8-28-21-20(10)26-2-3-32-21)14-4-11-5-17(27-9-16(11)19(25)18(14)24)29(22(30)31)13-6-12(23)7-13/h4-5,8-9,12-13,26H,2-3,6-7,25H2,1H3,(H,30,31)/t12-,13+. The highest BCUT2D eigenvalue weighted by molar-refractivity contribution is 5.99. The second-order valence-electron chi connectivity index (χ2n) is 8.04. The van der Waals surface area contributed by atoms with Gasteiger partial charge in [0.05, 0.1) is 5.69 Å². The molecule has 1 aromatic carbocycles. The van der Waals surface area contributed by atoms with Crippen LogP contribution in [0.1, 0.15) is 18.4 Å². The Bertz CT molecular complexity index is 1250. The molecule has 1 aliphatic carbocycles. The van der Waals surface area contributed by atoms with Crippen LogP contribution < -0.4 is 20.7 Å². The molecule has 10 heteroatoms. The van der Waals surface area contributed by atoms with Gasteiger partial charge in [0.2, 0.25) is 5.88 Å². The lowest BCUT2D eigenvalue weighted by Gasteiger charge is -2.37. The number of alkyl halides is 1. The van der Waals surface area contributed by atoms with Crippen LogP contribution in [0.2, 0.25) is 0 Å². The number of nitrogens with two attached hydrogens (primary N) is 1. The van der Waals surface area contributed by atoms with Crippen LogP contribution in [-0.4, -0.2) is 46.5 Å². The average Bonchev–Trinajstić information content (AvgIpc) is 2.76. The third kappa shape index (κ3) is 3.14. The van der Waals surface area contributed by atoms with Crippen molar-refractivity contribution in [3.63, 3.8) is 0 Å². The fraction of sp³-hybridized carbons (Fsp3) is 0.318. The molecule has 2 aromatic heterocycles. The first-order valence-electron chi connectivity index (χ1n) is 10.3. The summed E-state index contributed by atoms with van der Waals surface area (Å²) < 4.78 is 34.2. The van der Waals surface area contributed by atoms with Crippen molar-refractivity contribution in [3.8, 4) is 17.0 Å². The number of anilines is 3. The van der Waals surface area contributed by atoms with Crippen LogP contribution in [0, 0.1) is 12.7 Å². The predicted octanol–water partition coefficient (Wildman–Crippen LogP) is 4.12. The zero-order valence-corrected chi connectivity index (χ0v) is 17.2. The zero-order chi connectivity index (χ0) is 22.6. The lowest BCUT2D eigenvalue weighted by atomic mass is 9.89. The molecule has 0 bridgehead atoms. The fourth-order valence-corrected chi connectivity index (χ4v) is 4.28. The first-order chi connectivity index (χ1) is 15.3. The quantitative estimate of drug-likeness (QED) is 0.524. The summed E-state index contributed by atoms with van der Waals surface area (Å²) in [5.74, 6) is -0.000818. The normalized spacial score (nSPS) is 19.5. The lowest BCUT2D eigenvalue weighted by molar-refractivity contribution is 0.157. The Morgan fingerprint density at radius 3 is 2.78 bits per heavy atom. The van der Waals surface area contributed by atoms with E-state index in [0.717, 1.165) is 10.5 Å².